The lowest BCUT2D eigenvalue weighted by atomic mass is 9.74. The fraction of sp³-hybridized carbons (Fsp3) is 0.500. The number of H-pyrrole nitrogens is 1. The number of carbonyl (C=O) groups excluding carboxylic acids is 3. The zero-order valence-electron chi connectivity index (χ0n) is 27.9. The number of carbonyl (C=O) groups is 3. The van der Waals surface area contributed by atoms with Gasteiger partial charge in [-0.1, -0.05) is 61.0 Å². The van der Waals surface area contributed by atoms with Gasteiger partial charge in [-0.3, -0.25) is 4.79 Å². The van der Waals surface area contributed by atoms with Gasteiger partial charge in [0, 0.05) is 55.1 Å². The molecule has 1 aliphatic heterocycles. The van der Waals surface area contributed by atoms with Crippen molar-refractivity contribution < 1.29 is 19.1 Å². The van der Waals surface area contributed by atoms with E-state index in [2.05, 4.69) is 57.4 Å². The van der Waals surface area contributed by atoms with E-state index in [9.17, 15) is 14.4 Å². The summed E-state index contributed by atoms with van der Waals surface area (Å²) >= 11 is 0. The van der Waals surface area contributed by atoms with E-state index in [1.807, 2.05) is 56.1 Å². The second kappa shape index (κ2) is 13.8. The zero-order chi connectivity index (χ0) is 33.0. The van der Waals surface area contributed by atoms with Crippen molar-refractivity contribution in [3.05, 3.63) is 77.5 Å². The van der Waals surface area contributed by atoms with Crippen LogP contribution in [0, 0.1) is 11.8 Å². The van der Waals surface area contributed by atoms with E-state index in [0.717, 1.165) is 55.0 Å². The van der Waals surface area contributed by atoms with Crippen molar-refractivity contribution in [2.75, 3.05) is 26.2 Å². The van der Waals surface area contributed by atoms with Crippen LogP contribution in [-0.2, 0) is 21.4 Å². The number of piperidine rings is 1. The van der Waals surface area contributed by atoms with Crippen molar-refractivity contribution in [3.8, 4) is 0 Å². The molecule has 3 aromatic rings. The molecule has 3 atom stereocenters. The number of benzene rings is 2. The Morgan fingerprint density at radius 2 is 1.68 bits per heavy atom. The normalized spacial score (nSPS) is 20.9. The summed E-state index contributed by atoms with van der Waals surface area (Å²) in [7, 11) is 0. The highest BCUT2D eigenvalue weighted by Crippen LogP contribution is 2.43. The second-order valence-electron chi connectivity index (χ2n) is 14.7. The van der Waals surface area contributed by atoms with Crippen LogP contribution < -0.4 is 16.0 Å². The maximum Gasteiger partial charge on any atom is 0.407 e. The van der Waals surface area contributed by atoms with E-state index in [1.54, 1.807) is 0 Å². The lowest BCUT2D eigenvalue weighted by molar-refractivity contribution is -0.123. The number of nitrogens with one attached hydrogen (secondary N) is 4. The Morgan fingerprint density at radius 3 is 2.45 bits per heavy atom. The Kier molecular flexibility index (Phi) is 9.62. The maximum absolute atomic E-state index is 13.8. The number of urea groups is 1. The number of fused-ring (bicyclic) bond motifs is 3. The van der Waals surface area contributed by atoms with Gasteiger partial charge in [0.2, 0.25) is 5.91 Å². The predicted octanol–water partition coefficient (Wildman–Crippen LogP) is 6.30. The minimum absolute atomic E-state index is 0.0194. The number of nitrogens with zero attached hydrogens (tertiary/aromatic N) is 1. The molecule has 1 aromatic heterocycles. The van der Waals surface area contributed by atoms with Gasteiger partial charge < -0.3 is 30.6 Å². The summed E-state index contributed by atoms with van der Waals surface area (Å²) in [5, 5.41) is 10.3. The molecule has 2 aromatic carbocycles. The summed E-state index contributed by atoms with van der Waals surface area (Å²) < 4.78 is 5.39. The molecular weight excluding hydrogens is 590 g/mol. The maximum atomic E-state index is 13.8. The molecular formula is C38H49N5O4. The highest BCUT2D eigenvalue weighted by Gasteiger charge is 2.39. The van der Waals surface area contributed by atoms with E-state index in [0.29, 0.717) is 44.4 Å². The minimum atomic E-state index is -0.710. The molecule has 0 radical (unpaired) electrons. The summed E-state index contributed by atoms with van der Waals surface area (Å²) in [6.45, 7) is 7.94. The number of amides is 4. The third-order valence-electron chi connectivity index (χ3n) is 10.1. The van der Waals surface area contributed by atoms with Crippen molar-refractivity contribution in [3.63, 3.8) is 0 Å². The Labute approximate surface area is 277 Å². The van der Waals surface area contributed by atoms with Crippen LogP contribution in [0.2, 0.25) is 0 Å². The van der Waals surface area contributed by atoms with E-state index < -0.39 is 17.7 Å². The SMILES string of the molecule is CC(C)(C)OC(=O)NC[C@H]1CCC[C@@H](CNC(=O)[C@@H](Cc2c[nH]c3ccccc23)NC(=O)N2CCC3(C=Cc4ccccc43)CC2)C1. The molecule has 47 heavy (non-hydrogen) atoms. The second-order valence-corrected chi connectivity index (χ2v) is 14.7. The smallest absolute Gasteiger partial charge is 0.407 e. The molecule has 0 unspecified atom stereocenters. The molecule has 2 heterocycles. The predicted molar refractivity (Wildman–Crippen MR) is 185 cm³/mol. The molecule has 2 fully saturated rings. The first kappa shape index (κ1) is 32.7. The van der Waals surface area contributed by atoms with Crippen LogP contribution in [-0.4, -0.2) is 65.7 Å². The monoisotopic (exact) mass is 639 g/mol. The van der Waals surface area contributed by atoms with Crippen molar-refractivity contribution >= 4 is 35.0 Å². The highest BCUT2D eigenvalue weighted by atomic mass is 16.6. The number of rotatable bonds is 8. The third-order valence-corrected chi connectivity index (χ3v) is 10.1. The quantitative estimate of drug-likeness (QED) is 0.232. The number of aromatic amines is 1. The lowest BCUT2D eigenvalue weighted by Crippen LogP contribution is -2.55. The van der Waals surface area contributed by atoms with Gasteiger partial charge >= 0.3 is 12.1 Å². The molecule has 250 valence electrons. The summed E-state index contributed by atoms with van der Waals surface area (Å²) in [5.41, 5.74) is 4.07. The van der Waals surface area contributed by atoms with Crippen LogP contribution in [0.4, 0.5) is 9.59 Å². The van der Waals surface area contributed by atoms with Gasteiger partial charge in [-0.2, -0.15) is 0 Å². The van der Waals surface area contributed by atoms with E-state index in [-0.39, 0.29) is 17.4 Å². The lowest BCUT2D eigenvalue weighted by Gasteiger charge is -2.39. The molecule has 1 spiro atoms. The molecule has 3 aliphatic rings. The fourth-order valence-corrected chi connectivity index (χ4v) is 7.63. The largest absolute Gasteiger partial charge is 0.444 e. The number of alkyl carbamates (subject to hydrolysis) is 1. The first-order valence-corrected chi connectivity index (χ1v) is 17.2. The number of hydrogen-bond acceptors (Lipinski definition) is 4. The number of likely N-dealkylation sites (tertiary alicyclic amines) is 1. The molecule has 2 aliphatic carbocycles. The number of para-hydroxylation sites is 1. The van der Waals surface area contributed by atoms with Crippen molar-refractivity contribution in [2.24, 2.45) is 11.8 Å². The molecule has 9 heteroatoms. The molecule has 1 saturated heterocycles. The summed E-state index contributed by atoms with van der Waals surface area (Å²) in [5.74, 6) is 0.478. The molecule has 9 nitrogen and oxygen atoms in total. The van der Waals surface area contributed by atoms with Gasteiger partial charge in [0.15, 0.2) is 0 Å². The Morgan fingerprint density at radius 1 is 0.979 bits per heavy atom. The van der Waals surface area contributed by atoms with Crippen LogP contribution in [0.1, 0.15) is 76.0 Å². The van der Waals surface area contributed by atoms with E-state index in [4.69, 9.17) is 4.74 Å². The summed E-state index contributed by atoms with van der Waals surface area (Å²) in [6.07, 6.45) is 12.2. The fourth-order valence-electron chi connectivity index (χ4n) is 7.63. The van der Waals surface area contributed by atoms with Crippen LogP contribution in [0.25, 0.3) is 17.0 Å². The first-order chi connectivity index (χ1) is 22.6. The van der Waals surface area contributed by atoms with Gasteiger partial charge in [0.05, 0.1) is 0 Å². The highest BCUT2D eigenvalue weighted by molar-refractivity contribution is 5.89. The standard InChI is InChI=1S/C38H49N5O4/c1-37(2,3)47-36(46)41-24-27-10-8-9-26(21-27)23-40-34(44)33(22-29-25-39-32-14-7-5-12-30(29)32)42-35(45)43-19-17-38(18-20-43)16-15-28-11-4-6-13-31(28)38/h4-7,11-16,25-27,33,39H,8-10,17-24H2,1-3H3,(H,40,44)(H,41,46)(H,42,45)/t26-,27+,33-/m1/s1. The Bertz CT molecular complexity index is 1610. The van der Waals surface area contributed by atoms with Gasteiger partial charge in [-0.05, 0) is 87.5 Å². The van der Waals surface area contributed by atoms with Gasteiger partial charge in [0.1, 0.15) is 11.6 Å². The van der Waals surface area contributed by atoms with Crippen LogP contribution in [0.15, 0.2) is 60.8 Å². The topological polar surface area (TPSA) is 116 Å². The summed E-state index contributed by atoms with van der Waals surface area (Å²) in [6, 6.07) is 15.7. The third kappa shape index (κ3) is 7.83. The molecule has 6 rings (SSSR count). The Hall–Kier alpha value is -4.27. The average Bonchev–Trinajstić information content (AvgIpc) is 3.63. The molecule has 0 bridgehead atoms. The number of hydrogen-bond donors (Lipinski definition) is 4. The van der Waals surface area contributed by atoms with Gasteiger partial charge in [-0.15, -0.1) is 0 Å². The van der Waals surface area contributed by atoms with Crippen molar-refractivity contribution in [2.45, 2.75) is 82.8 Å². The van der Waals surface area contributed by atoms with Gasteiger partial charge in [-0.25, -0.2) is 9.59 Å². The molecule has 4 N–H and O–H groups in total. The number of allylic oxidation sites excluding steroid dienone is 1. The van der Waals surface area contributed by atoms with Crippen LogP contribution in [0.5, 0.6) is 0 Å². The minimum Gasteiger partial charge on any atom is -0.444 e. The summed E-state index contributed by atoms with van der Waals surface area (Å²) in [4.78, 5) is 44.8. The van der Waals surface area contributed by atoms with E-state index >= 15 is 0 Å². The number of aromatic nitrogens is 1. The van der Waals surface area contributed by atoms with Gasteiger partial charge in [0.25, 0.3) is 0 Å². The number of ether oxygens (including phenoxy) is 1. The van der Waals surface area contributed by atoms with E-state index in [1.165, 1.54) is 11.1 Å². The van der Waals surface area contributed by atoms with Crippen molar-refractivity contribution in [1.29, 1.82) is 0 Å². The van der Waals surface area contributed by atoms with Crippen molar-refractivity contribution in [1.82, 2.24) is 25.8 Å². The van der Waals surface area contributed by atoms with Crippen LogP contribution >= 0.6 is 0 Å². The molecule has 1 saturated carbocycles. The zero-order valence-corrected chi connectivity index (χ0v) is 27.9. The first-order valence-electron chi connectivity index (χ1n) is 17.2. The molecule has 4 amide bonds. The Balaban J connectivity index is 1.07. The average molecular weight is 640 g/mol. The van der Waals surface area contributed by atoms with Crippen LogP contribution in [0.3, 0.4) is 0 Å².